The number of aliphatic hydroxyl groups is 2. The number of carbonyl (C=O) groups is 1. The van der Waals surface area contributed by atoms with Crippen LogP contribution in [0.1, 0.15) is 106 Å². The molecule has 0 aromatic carbocycles. The van der Waals surface area contributed by atoms with Gasteiger partial charge in [-0.25, -0.2) is 0 Å². The van der Waals surface area contributed by atoms with E-state index in [1.807, 2.05) is 0 Å². The molecule has 10 unspecified atom stereocenters. The Morgan fingerprint density at radius 3 is 2.12 bits per heavy atom. The van der Waals surface area contributed by atoms with Gasteiger partial charge in [-0.2, -0.15) is 0 Å². The second kappa shape index (κ2) is 7.06. The number of aliphatic hydroxyl groups excluding tert-OH is 2. The molecular weight excluding hydrogens is 396 g/mol. The Morgan fingerprint density at radius 1 is 0.750 bits per heavy atom. The van der Waals surface area contributed by atoms with Crippen LogP contribution in [-0.2, 0) is 4.79 Å². The molecule has 182 valence electrons. The minimum Gasteiger partial charge on any atom is -0.393 e. The van der Waals surface area contributed by atoms with Crippen LogP contribution >= 0.6 is 0 Å². The van der Waals surface area contributed by atoms with Crippen molar-refractivity contribution in [2.45, 2.75) is 118 Å². The number of fused-ring (bicyclic) bond motifs is 7. The molecule has 2 N–H and O–H groups in total. The summed E-state index contributed by atoms with van der Waals surface area (Å²) in [6.07, 6.45) is 11.5. The third kappa shape index (κ3) is 2.95. The van der Waals surface area contributed by atoms with E-state index in [0.717, 1.165) is 51.4 Å². The molecule has 5 aliphatic rings. The summed E-state index contributed by atoms with van der Waals surface area (Å²) in [5.74, 6) is 2.17. The first kappa shape index (κ1) is 23.3. The smallest absolute Gasteiger partial charge is 0.126 e. The molecule has 3 heteroatoms. The summed E-state index contributed by atoms with van der Waals surface area (Å²) < 4.78 is 0. The minimum absolute atomic E-state index is 0.0528. The van der Waals surface area contributed by atoms with Crippen molar-refractivity contribution in [2.75, 3.05) is 0 Å². The van der Waals surface area contributed by atoms with Gasteiger partial charge in [-0.1, -0.05) is 41.5 Å². The zero-order valence-corrected chi connectivity index (χ0v) is 21.5. The van der Waals surface area contributed by atoms with Crippen LogP contribution in [0.3, 0.4) is 0 Å². The van der Waals surface area contributed by atoms with Gasteiger partial charge >= 0.3 is 0 Å². The van der Waals surface area contributed by atoms with Crippen LogP contribution in [-0.4, -0.2) is 28.7 Å². The third-order valence-electron chi connectivity index (χ3n) is 12.7. The average molecular weight is 445 g/mol. The Labute approximate surface area is 196 Å². The Kier molecular flexibility index (Phi) is 5.15. The molecule has 0 aromatic heterocycles. The molecule has 0 bridgehead atoms. The van der Waals surface area contributed by atoms with Crippen molar-refractivity contribution in [3.63, 3.8) is 0 Å². The predicted octanol–water partition coefficient (Wildman–Crippen LogP) is 6.01. The van der Waals surface area contributed by atoms with Crippen molar-refractivity contribution in [2.24, 2.45) is 56.7 Å². The van der Waals surface area contributed by atoms with Crippen LogP contribution in [0.15, 0.2) is 0 Å². The number of hydrogen-bond acceptors (Lipinski definition) is 3. The van der Waals surface area contributed by atoms with Gasteiger partial charge in [0.1, 0.15) is 6.29 Å². The molecule has 5 fully saturated rings. The predicted molar refractivity (Wildman–Crippen MR) is 128 cm³/mol. The number of carbonyl (C=O) groups excluding carboxylic acids is 1. The van der Waals surface area contributed by atoms with E-state index in [1.165, 1.54) is 19.1 Å². The van der Waals surface area contributed by atoms with Gasteiger partial charge in [0, 0.05) is 5.41 Å². The largest absolute Gasteiger partial charge is 0.393 e. The molecule has 32 heavy (non-hydrogen) atoms. The van der Waals surface area contributed by atoms with Gasteiger partial charge in [0.2, 0.25) is 0 Å². The van der Waals surface area contributed by atoms with Gasteiger partial charge in [0.15, 0.2) is 0 Å². The van der Waals surface area contributed by atoms with Crippen LogP contribution < -0.4 is 0 Å². The summed E-state index contributed by atoms with van der Waals surface area (Å²) >= 11 is 0. The van der Waals surface area contributed by atoms with E-state index in [2.05, 4.69) is 41.5 Å². The van der Waals surface area contributed by atoms with Crippen molar-refractivity contribution >= 4 is 6.29 Å². The maximum absolute atomic E-state index is 12.5. The summed E-state index contributed by atoms with van der Waals surface area (Å²) in [6.45, 7) is 14.4. The first-order valence-corrected chi connectivity index (χ1v) is 13.6. The summed E-state index contributed by atoms with van der Waals surface area (Å²) in [7, 11) is 0. The molecular formula is C29H48O3. The zero-order valence-electron chi connectivity index (χ0n) is 21.5. The van der Waals surface area contributed by atoms with E-state index in [9.17, 15) is 15.0 Å². The molecule has 0 aliphatic heterocycles. The molecule has 0 amide bonds. The van der Waals surface area contributed by atoms with Crippen molar-refractivity contribution in [3.8, 4) is 0 Å². The highest BCUT2D eigenvalue weighted by Gasteiger charge is 2.68. The maximum Gasteiger partial charge on any atom is 0.126 e. The summed E-state index contributed by atoms with van der Waals surface area (Å²) in [5.41, 5.74) is 0.447. The van der Waals surface area contributed by atoms with E-state index < -0.39 is 0 Å². The number of aldehydes is 1. The molecule has 5 aliphatic carbocycles. The summed E-state index contributed by atoms with van der Waals surface area (Å²) in [5, 5.41) is 22.6. The Bertz CT molecular complexity index is 772. The number of rotatable bonds is 1. The van der Waals surface area contributed by atoms with Gasteiger partial charge in [-0.3, -0.25) is 0 Å². The SMILES string of the molecule is CC1(C)CCC2(C=O)CCC3C(C(O)CC4C3(C)CCC3C(C)(C)C(O)CCC34C)C2C1. The Morgan fingerprint density at radius 2 is 1.44 bits per heavy atom. The van der Waals surface area contributed by atoms with Crippen LogP contribution in [0.25, 0.3) is 0 Å². The fourth-order valence-electron chi connectivity index (χ4n) is 10.9. The quantitative estimate of drug-likeness (QED) is 0.487. The average Bonchev–Trinajstić information content (AvgIpc) is 2.72. The molecule has 3 nitrogen and oxygen atoms in total. The molecule has 5 saturated carbocycles. The van der Waals surface area contributed by atoms with E-state index in [0.29, 0.717) is 23.7 Å². The van der Waals surface area contributed by atoms with Crippen molar-refractivity contribution in [3.05, 3.63) is 0 Å². The van der Waals surface area contributed by atoms with Crippen LogP contribution in [0.5, 0.6) is 0 Å². The van der Waals surface area contributed by atoms with Crippen molar-refractivity contribution < 1.29 is 15.0 Å². The van der Waals surface area contributed by atoms with Crippen LogP contribution in [0, 0.1) is 56.7 Å². The number of hydrogen-bond donors (Lipinski definition) is 2. The topological polar surface area (TPSA) is 57.5 Å². The van der Waals surface area contributed by atoms with Crippen LogP contribution in [0.2, 0.25) is 0 Å². The van der Waals surface area contributed by atoms with E-state index in [4.69, 9.17) is 0 Å². The second-order valence-corrected chi connectivity index (χ2v) is 14.9. The highest BCUT2D eigenvalue weighted by molar-refractivity contribution is 5.61. The van der Waals surface area contributed by atoms with Crippen molar-refractivity contribution in [1.29, 1.82) is 0 Å². The molecule has 0 radical (unpaired) electrons. The third-order valence-corrected chi connectivity index (χ3v) is 12.7. The molecule has 0 aromatic rings. The van der Waals surface area contributed by atoms with Gasteiger partial charge in [0.05, 0.1) is 12.2 Å². The Hall–Kier alpha value is -0.410. The lowest BCUT2D eigenvalue weighted by Gasteiger charge is -2.70. The lowest BCUT2D eigenvalue weighted by Crippen LogP contribution is -2.66. The fraction of sp³-hybridized carbons (Fsp3) is 0.966. The van der Waals surface area contributed by atoms with Gasteiger partial charge in [-0.15, -0.1) is 0 Å². The maximum atomic E-state index is 12.5. The monoisotopic (exact) mass is 444 g/mol. The van der Waals surface area contributed by atoms with E-state index in [1.54, 1.807) is 0 Å². The second-order valence-electron chi connectivity index (χ2n) is 14.9. The molecule has 10 atom stereocenters. The van der Waals surface area contributed by atoms with Crippen molar-refractivity contribution in [1.82, 2.24) is 0 Å². The first-order chi connectivity index (χ1) is 14.8. The highest BCUT2D eigenvalue weighted by Crippen LogP contribution is 2.73. The van der Waals surface area contributed by atoms with E-state index in [-0.39, 0.29) is 45.2 Å². The standard InChI is InChI=1S/C29H48O3/c1-25(2)13-14-29(17-30)12-7-18-24(19(29)16-25)20(31)15-22-27(18,5)10-8-21-26(3,4)23(32)9-11-28(21,22)6/h17-24,31-32H,7-16H2,1-6H3. The summed E-state index contributed by atoms with van der Waals surface area (Å²) in [6, 6.07) is 0. The lowest BCUT2D eigenvalue weighted by atomic mass is 9.35. The molecule has 0 spiro atoms. The van der Waals surface area contributed by atoms with Crippen LogP contribution in [0.4, 0.5) is 0 Å². The van der Waals surface area contributed by atoms with Gasteiger partial charge in [-0.05, 0) is 115 Å². The van der Waals surface area contributed by atoms with E-state index >= 15 is 0 Å². The molecule has 5 rings (SSSR count). The molecule has 0 saturated heterocycles. The van der Waals surface area contributed by atoms with Gasteiger partial charge in [0.25, 0.3) is 0 Å². The van der Waals surface area contributed by atoms with Gasteiger partial charge < -0.3 is 15.0 Å². The lowest BCUT2D eigenvalue weighted by molar-refractivity contribution is -0.242. The zero-order chi connectivity index (χ0) is 23.3. The minimum atomic E-state index is -0.290. The normalized spacial score (nSPS) is 56.2. The molecule has 0 heterocycles. The first-order valence-electron chi connectivity index (χ1n) is 13.6. The Balaban J connectivity index is 1.53. The fourth-order valence-corrected chi connectivity index (χ4v) is 10.9. The summed E-state index contributed by atoms with van der Waals surface area (Å²) in [4.78, 5) is 12.5. The highest BCUT2D eigenvalue weighted by atomic mass is 16.3.